The fourth-order valence-corrected chi connectivity index (χ4v) is 12.3. The minimum Gasteiger partial charge on any atom is -0.309 e. The lowest BCUT2D eigenvalue weighted by molar-refractivity contribution is 1.01. The predicted octanol–water partition coefficient (Wildman–Crippen LogP) is 16.6. The Kier molecular flexibility index (Phi) is 7.88. The highest BCUT2D eigenvalue weighted by atomic mass is 32.1. The molecule has 15 rings (SSSR count). The predicted molar refractivity (Wildman–Crippen MR) is 286 cm³/mol. The van der Waals surface area contributed by atoms with E-state index < -0.39 is 0 Å². The van der Waals surface area contributed by atoms with Crippen molar-refractivity contribution < 1.29 is 0 Å². The molecule has 0 amide bonds. The molecular formula is C62H37N5S. The molecule has 5 aromatic heterocycles. The molecule has 0 aliphatic heterocycles. The van der Waals surface area contributed by atoms with Crippen LogP contribution >= 0.6 is 11.3 Å². The van der Waals surface area contributed by atoms with Gasteiger partial charge in [-0.2, -0.15) is 0 Å². The van der Waals surface area contributed by atoms with E-state index in [1.54, 1.807) is 0 Å². The van der Waals surface area contributed by atoms with E-state index in [1.807, 2.05) is 11.3 Å². The highest BCUT2D eigenvalue weighted by molar-refractivity contribution is 7.26. The van der Waals surface area contributed by atoms with Crippen LogP contribution in [0, 0.1) is 0 Å². The Morgan fingerprint density at radius 2 is 0.794 bits per heavy atom. The van der Waals surface area contributed by atoms with E-state index in [-0.39, 0.29) is 0 Å². The maximum absolute atomic E-state index is 5.52. The van der Waals surface area contributed by atoms with Crippen molar-refractivity contribution in [1.29, 1.82) is 0 Å². The fourth-order valence-electron chi connectivity index (χ4n) is 11.0. The van der Waals surface area contributed by atoms with Gasteiger partial charge in [0.25, 0.3) is 0 Å². The van der Waals surface area contributed by atoms with Crippen LogP contribution in [0.2, 0.25) is 0 Å². The number of aromatic nitrogens is 5. The summed E-state index contributed by atoms with van der Waals surface area (Å²) in [6, 6.07) is 81.2. The van der Waals surface area contributed by atoms with Gasteiger partial charge in [-0.1, -0.05) is 133 Å². The standard InChI is InChI=1S/C62H37N5S/c1-3-15-41(16-4-1)65-52-24-12-8-19-43(52)49-37-40(29-33-54(49)65)60-47-22-7-11-23-51(47)63-62(64-60)67-53-25-13-9-20-44(53)48-35-38(27-31-55(48)67)39-28-32-56-50(36-39)59-57(66(56)42-17-5-2-6-18-42)34-30-46-45-21-10-14-26-58(45)68-61(46)59/h1-37H. The summed E-state index contributed by atoms with van der Waals surface area (Å²) >= 11 is 1.89. The number of fused-ring (bicyclic) bond motifs is 14. The Labute approximate surface area is 393 Å². The Balaban J connectivity index is 0.921. The number of nitrogens with zero attached hydrogens (tertiary/aromatic N) is 5. The molecule has 0 fully saturated rings. The zero-order valence-corrected chi connectivity index (χ0v) is 37.3. The van der Waals surface area contributed by atoms with Crippen molar-refractivity contribution in [3.05, 3.63) is 224 Å². The summed E-state index contributed by atoms with van der Waals surface area (Å²) in [5.74, 6) is 0.645. The molecule has 0 N–H and O–H groups in total. The molecule has 68 heavy (non-hydrogen) atoms. The van der Waals surface area contributed by atoms with E-state index in [0.29, 0.717) is 5.95 Å². The molecule has 0 atom stereocenters. The third kappa shape index (κ3) is 5.37. The summed E-state index contributed by atoms with van der Waals surface area (Å²) in [4.78, 5) is 10.8. The van der Waals surface area contributed by atoms with Crippen LogP contribution in [0.4, 0.5) is 0 Å². The van der Waals surface area contributed by atoms with Crippen LogP contribution in [0.25, 0.3) is 136 Å². The van der Waals surface area contributed by atoms with E-state index in [4.69, 9.17) is 9.97 Å². The van der Waals surface area contributed by atoms with Gasteiger partial charge in [0, 0.05) is 74.8 Å². The molecule has 0 bridgehead atoms. The van der Waals surface area contributed by atoms with Gasteiger partial charge in [0.2, 0.25) is 5.95 Å². The van der Waals surface area contributed by atoms with Gasteiger partial charge in [0.15, 0.2) is 0 Å². The van der Waals surface area contributed by atoms with E-state index in [0.717, 1.165) is 66.4 Å². The zero-order valence-electron chi connectivity index (χ0n) is 36.5. The largest absolute Gasteiger partial charge is 0.309 e. The summed E-state index contributed by atoms with van der Waals surface area (Å²) < 4.78 is 9.67. The second kappa shape index (κ2) is 14.3. The average molecular weight is 884 g/mol. The van der Waals surface area contributed by atoms with Crippen molar-refractivity contribution in [3.63, 3.8) is 0 Å². The van der Waals surface area contributed by atoms with Crippen LogP contribution in [0.15, 0.2) is 224 Å². The van der Waals surface area contributed by atoms with Gasteiger partial charge in [-0.3, -0.25) is 4.57 Å². The van der Waals surface area contributed by atoms with Gasteiger partial charge in [-0.25, -0.2) is 9.97 Å². The summed E-state index contributed by atoms with van der Waals surface area (Å²) in [5.41, 5.74) is 14.4. The van der Waals surface area contributed by atoms with Gasteiger partial charge in [0.1, 0.15) is 0 Å². The van der Waals surface area contributed by atoms with E-state index in [2.05, 4.69) is 238 Å². The van der Waals surface area contributed by atoms with E-state index in [9.17, 15) is 0 Å². The molecule has 10 aromatic carbocycles. The number of rotatable bonds is 5. The molecule has 0 aliphatic carbocycles. The highest BCUT2D eigenvalue weighted by Gasteiger charge is 2.22. The summed E-state index contributed by atoms with van der Waals surface area (Å²) in [6.07, 6.45) is 0. The van der Waals surface area contributed by atoms with E-state index >= 15 is 0 Å². The van der Waals surface area contributed by atoms with Crippen LogP contribution in [0.3, 0.4) is 0 Å². The Bertz CT molecular complexity index is 4550. The molecule has 0 saturated heterocycles. The SMILES string of the molecule is c1ccc(-n2c3ccccc3c3cc(-c4nc(-n5c6ccccc6c6cc(-c7ccc8c(c7)c7c9sc%10ccccc%10c9ccc7n8-c7ccccc7)ccc65)nc5ccccc45)ccc32)cc1. The van der Waals surface area contributed by atoms with Crippen molar-refractivity contribution in [2.24, 2.45) is 0 Å². The van der Waals surface area contributed by atoms with Crippen LogP contribution in [0.5, 0.6) is 0 Å². The van der Waals surface area contributed by atoms with Gasteiger partial charge >= 0.3 is 0 Å². The molecule has 0 unspecified atom stereocenters. The topological polar surface area (TPSA) is 40.6 Å². The van der Waals surface area contributed by atoms with Crippen molar-refractivity contribution in [1.82, 2.24) is 23.7 Å². The second-order valence-corrected chi connectivity index (χ2v) is 18.8. The third-order valence-electron chi connectivity index (χ3n) is 14.0. The first kappa shape index (κ1) is 37.4. The summed E-state index contributed by atoms with van der Waals surface area (Å²) in [7, 11) is 0. The van der Waals surface area contributed by atoms with Crippen LogP contribution in [-0.4, -0.2) is 23.7 Å². The lowest BCUT2D eigenvalue weighted by atomic mass is 10.00. The quantitative estimate of drug-likeness (QED) is 0.173. The lowest BCUT2D eigenvalue weighted by Crippen LogP contribution is -2.03. The maximum Gasteiger partial charge on any atom is 0.235 e. The van der Waals surface area contributed by atoms with Gasteiger partial charge in [-0.15, -0.1) is 11.3 Å². The van der Waals surface area contributed by atoms with Crippen LogP contribution < -0.4 is 0 Å². The smallest absolute Gasteiger partial charge is 0.235 e. The lowest BCUT2D eigenvalue weighted by Gasteiger charge is -2.12. The average Bonchev–Trinajstić information content (AvgIpc) is 4.14. The Morgan fingerprint density at radius 3 is 1.50 bits per heavy atom. The van der Waals surface area contributed by atoms with Crippen LogP contribution in [0.1, 0.15) is 0 Å². The third-order valence-corrected chi connectivity index (χ3v) is 15.2. The monoisotopic (exact) mass is 883 g/mol. The molecule has 0 saturated carbocycles. The first-order chi connectivity index (χ1) is 33.7. The van der Waals surface area contributed by atoms with Gasteiger partial charge in [0.05, 0.1) is 44.3 Å². The van der Waals surface area contributed by atoms with Crippen molar-refractivity contribution in [2.45, 2.75) is 0 Å². The minimum atomic E-state index is 0.645. The molecular weight excluding hydrogens is 847 g/mol. The molecule has 15 aromatic rings. The molecule has 0 spiro atoms. The number of hydrogen-bond donors (Lipinski definition) is 0. The van der Waals surface area contributed by atoms with Crippen molar-refractivity contribution >= 4 is 108 Å². The van der Waals surface area contributed by atoms with Crippen LogP contribution in [-0.2, 0) is 0 Å². The summed E-state index contributed by atoms with van der Waals surface area (Å²) in [6.45, 7) is 0. The van der Waals surface area contributed by atoms with Crippen molar-refractivity contribution in [2.75, 3.05) is 0 Å². The van der Waals surface area contributed by atoms with Gasteiger partial charge < -0.3 is 9.13 Å². The molecule has 316 valence electrons. The van der Waals surface area contributed by atoms with Gasteiger partial charge in [-0.05, 0) is 102 Å². The summed E-state index contributed by atoms with van der Waals surface area (Å²) in [5, 5.41) is 10.9. The first-order valence-corrected chi connectivity index (χ1v) is 23.9. The minimum absolute atomic E-state index is 0.645. The molecule has 5 nitrogen and oxygen atoms in total. The maximum atomic E-state index is 5.52. The Hall–Kier alpha value is -8.84. The van der Waals surface area contributed by atoms with Crippen molar-refractivity contribution in [3.8, 4) is 39.7 Å². The zero-order chi connectivity index (χ0) is 44.5. The number of benzene rings is 10. The molecule has 5 heterocycles. The first-order valence-electron chi connectivity index (χ1n) is 23.1. The Morgan fingerprint density at radius 1 is 0.309 bits per heavy atom. The number of para-hydroxylation sites is 5. The highest BCUT2D eigenvalue weighted by Crippen LogP contribution is 2.45. The second-order valence-electron chi connectivity index (χ2n) is 17.7. The fraction of sp³-hybridized carbons (Fsp3) is 0. The number of hydrogen-bond acceptors (Lipinski definition) is 3. The normalized spacial score (nSPS) is 12.1. The molecule has 0 radical (unpaired) electrons. The molecule has 6 heteroatoms. The molecule has 0 aliphatic rings. The number of thiophene rings is 1. The van der Waals surface area contributed by atoms with E-state index in [1.165, 1.54) is 63.8 Å².